The third kappa shape index (κ3) is 5.97. The number of thiophene rings is 1. The summed E-state index contributed by atoms with van der Waals surface area (Å²) in [6.45, 7) is 0.833. The third-order valence-electron chi connectivity index (χ3n) is 4.17. The molecule has 1 aliphatic rings. The predicted molar refractivity (Wildman–Crippen MR) is 116 cm³/mol. The van der Waals surface area contributed by atoms with Crippen molar-refractivity contribution in [1.82, 2.24) is 9.62 Å². The molecule has 0 saturated carbocycles. The topological polar surface area (TPSA) is 102 Å². The molecule has 1 N–H and O–H groups in total. The average molecular weight is 471 g/mol. The van der Waals surface area contributed by atoms with Crippen LogP contribution in [0.3, 0.4) is 0 Å². The molecule has 0 atom stereocenters. The lowest BCUT2D eigenvalue weighted by atomic mass is 10.3. The van der Waals surface area contributed by atoms with Gasteiger partial charge in [0.05, 0.1) is 6.54 Å². The Labute approximate surface area is 183 Å². The number of hydrogen-bond donors (Lipinski definition) is 1. The minimum absolute atomic E-state index is 0.0200. The second kappa shape index (κ2) is 10.8. The predicted octanol–water partition coefficient (Wildman–Crippen LogP) is 1.84. The number of nitrogens with zero attached hydrogens (tertiary/aromatic N) is 1. The van der Waals surface area contributed by atoms with Crippen molar-refractivity contribution in [2.45, 2.75) is 4.90 Å². The Bertz CT molecular complexity index is 956. The van der Waals surface area contributed by atoms with Gasteiger partial charge in [0.25, 0.3) is 5.91 Å². The van der Waals surface area contributed by atoms with E-state index in [4.69, 9.17) is 9.47 Å². The van der Waals surface area contributed by atoms with Crippen LogP contribution in [0.4, 0.5) is 0 Å². The van der Waals surface area contributed by atoms with E-state index in [9.17, 15) is 18.0 Å². The number of para-hydroxylation sites is 1. The molecule has 2 heterocycles. The van der Waals surface area contributed by atoms with E-state index in [1.807, 2.05) is 18.2 Å². The normalized spacial score (nSPS) is 14.8. The lowest BCUT2D eigenvalue weighted by Gasteiger charge is -2.25. The van der Waals surface area contributed by atoms with E-state index >= 15 is 0 Å². The van der Waals surface area contributed by atoms with Gasteiger partial charge in [-0.25, -0.2) is 13.2 Å². The molecule has 0 unspecified atom stereocenters. The fraction of sp³-hybridized carbons (Fsp3) is 0.368. The highest BCUT2D eigenvalue weighted by Gasteiger charge is 2.31. The van der Waals surface area contributed by atoms with E-state index in [1.54, 1.807) is 23.9 Å². The lowest BCUT2D eigenvalue weighted by molar-refractivity contribution is -0.124. The molecule has 30 heavy (non-hydrogen) atoms. The Morgan fingerprint density at radius 3 is 2.57 bits per heavy atom. The van der Waals surface area contributed by atoms with Gasteiger partial charge in [0.1, 0.15) is 22.1 Å². The molecular weight excluding hydrogens is 448 g/mol. The first-order valence-corrected chi connectivity index (χ1v) is 12.7. The van der Waals surface area contributed by atoms with Crippen molar-refractivity contribution in [1.29, 1.82) is 0 Å². The Kier molecular flexibility index (Phi) is 8.14. The molecule has 0 radical (unpaired) electrons. The van der Waals surface area contributed by atoms with E-state index in [1.165, 1.54) is 15.8 Å². The number of ether oxygens (including phenoxy) is 2. The van der Waals surface area contributed by atoms with Crippen LogP contribution in [-0.2, 0) is 19.6 Å². The molecule has 0 bridgehead atoms. The van der Waals surface area contributed by atoms with Crippen LogP contribution in [0, 0.1) is 0 Å². The van der Waals surface area contributed by atoms with Crippen LogP contribution in [0.2, 0.25) is 0 Å². The average Bonchev–Trinajstić information content (AvgIpc) is 3.27. The molecule has 1 aromatic heterocycles. The maximum Gasteiger partial charge on any atom is 0.350 e. The molecule has 2 aromatic rings. The zero-order chi connectivity index (χ0) is 21.4. The summed E-state index contributed by atoms with van der Waals surface area (Å²) in [4.78, 5) is 24.2. The van der Waals surface area contributed by atoms with E-state index < -0.39 is 28.5 Å². The monoisotopic (exact) mass is 470 g/mol. The van der Waals surface area contributed by atoms with E-state index in [-0.39, 0.29) is 22.9 Å². The minimum atomic E-state index is -3.76. The summed E-state index contributed by atoms with van der Waals surface area (Å²) < 4.78 is 37.5. The molecule has 3 rings (SSSR count). The first-order chi connectivity index (χ1) is 14.5. The zero-order valence-corrected chi connectivity index (χ0v) is 18.6. The van der Waals surface area contributed by atoms with Crippen LogP contribution < -0.4 is 10.1 Å². The molecule has 1 fully saturated rings. The highest BCUT2D eigenvalue weighted by Crippen LogP contribution is 2.27. The van der Waals surface area contributed by atoms with Crippen molar-refractivity contribution in [2.24, 2.45) is 0 Å². The van der Waals surface area contributed by atoms with Crippen LogP contribution in [0.15, 0.2) is 46.7 Å². The minimum Gasteiger partial charge on any atom is -0.492 e. The number of nitrogens with one attached hydrogen (secondary N) is 1. The van der Waals surface area contributed by atoms with E-state index in [0.717, 1.165) is 22.8 Å². The number of esters is 1. The quantitative estimate of drug-likeness (QED) is 0.441. The molecular formula is C19H22N2O6S3. The Morgan fingerprint density at radius 1 is 1.10 bits per heavy atom. The van der Waals surface area contributed by atoms with E-state index in [2.05, 4.69) is 5.32 Å². The van der Waals surface area contributed by atoms with Gasteiger partial charge < -0.3 is 14.8 Å². The summed E-state index contributed by atoms with van der Waals surface area (Å²) in [5.74, 6) is 0.811. The highest BCUT2D eigenvalue weighted by molar-refractivity contribution is 7.99. The standard InChI is InChI=1S/C19H22N2O6S3/c22-17(20-7-10-26-15-4-2-1-3-5-15)14-27-19(23)18-16(6-11-29-18)30(24,25)21-8-12-28-13-9-21/h1-6,11H,7-10,12-14H2,(H,20,22). The summed E-state index contributed by atoms with van der Waals surface area (Å²) in [6.07, 6.45) is 0. The number of hydrogen-bond acceptors (Lipinski definition) is 8. The van der Waals surface area contributed by atoms with Gasteiger partial charge >= 0.3 is 5.97 Å². The molecule has 0 aliphatic carbocycles. The first-order valence-electron chi connectivity index (χ1n) is 9.25. The van der Waals surface area contributed by atoms with Crippen LogP contribution >= 0.6 is 23.1 Å². The SMILES string of the molecule is O=C(COC(=O)c1sccc1S(=O)(=O)N1CCSCC1)NCCOc1ccccc1. The number of carbonyl (C=O) groups excluding carboxylic acids is 2. The summed E-state index contributed by atoms with van der Waals surface area (Å²) in [5.41, 5.74) is 0. The summed E-state index contributed by atoms with van der Waals surface area (Å²) in [7, 11) is -3.76. The fourth-order valence-corrected chi connectivity index (χ4v) is 6.56. The number of sulfonamides is 1. The third-order valence-corrected chi connectivity index (χ3v) is 8.08. The van der Waals surface area contributed by atoms with Crippen molar-refractivity contribution in [3.05, 3.63) is 46.7 Å². The van der Waals surface area contributed by atoms with Gasteiger partial charge in [0.2, 0.25) is 10.0 Å². The van der Waals surface area contributed by atoms with Crippen LogP contribution in [0.1, 0.15) is 9.67 Å². The first kappa shape index (κ1) is 22.6. The van der Waals surface area contributed by atoms with Crippen LogP contribution in [-0.4, -0.2) is 69.0 Å². The van der Waals surface area contributed by atoms with Gasteiger partial charge in [-0.05, 0) is 23.6 Å². The van der Waals surface area contributed by atoms with Crippen molar-refractivity contribution >= 4 is 45.0 Å². The largest absolute Gasteiger partial charge is 0.492 e. The van der Waals surface area contributed by atoms with Gasteiger partial charge in [-0.3, -0.25) is 4.79 Å². The Hall–Kier alpha value is -2.08. The number of amides is 1. The zero-order valence-electron chi connectivity index (χ0n) is 16.1. The Balaban J connectivity index is 1.47. The second-order valence-corrected chi connectivity index (χ2v) is 10.3. The maximum absolute atomic E-state index is 12.8. The summed E-state index contributed by atoms with van der Waals surface area (Å²) >= 11 is 2.67. The van der Waals surface area contributed by atoms with Gasteiger partial charge in [0.15, 0.2) is 6.61 Å². The smallest absolute Gasteiger partial charge is 0.350 e. The van der Waals surface area contributed by atoms with Crippen molar-refractivity contribution < 1.29 is 27.5 Å². The number of thioether (sulfide) groups is 1. The molecule has 1 amide bonds. The Morgan fingerprint density at radius 2 is 1.83 bits per heavy atom. The molecule has 162 valence electrons. The van der Waals surface area contributed by atoms with Gasteiger partial charge in [-0.2, -0.15) is 16.1 Å². The molecule has 1 aromatic carbocycles. The second-order valence-electron chi connectivity index (χ2n) is 6.22. The fourth-order valence-electron chi connectivity index (χ4n) is 2.70. The maximum atomic E-state index is 12.8. The van der Waals surface area contributed by atoms with E-state index in [0.29, 0.717) is 18.8 Å². The molecule has 0 spiro atoms. The summed E-state index contributed by atoms with van der Waals surface area (Å²) in [6, 6.07) is 10.6. The van der Waals surface area contributed by atoms with Crippen molar-refractivity contribution in [3.63, 3.8) is 0 Å². The number of carbonyl (C=O) groups is 2. The summed E-state index contributed by atoms with van der Waals surface area (Å²) in [5, 5.41) is 4.11. The van der Waals surface area contributed by atoms with Crippen LogP contribution in [0.25, 0.3) is 0 Å². The van der Waals surface area contributed by atoms with Gasteiger partial charge in [-0.15, -0.1) is 11.3 Å². The van der Waals surface area contributed by atoms with Crippen LogP contribution in [0.5, 0.6) is 5.75 Å². The number of benzene rings is 1. The highest BCUT2D eigenvalue weighted by atomic mass is 32.2. The number of rotatable bonds is 9. The van der Waals surface area contributed by atoms with Crippen molar-refractivity contribution in [2.75, 3.05) is 44.4 Å². The molecule has 1 saturated heterocycles. The van der Waals surface area contributed by atoms with Gasteiger partial charge in [-0.1, -0.05) is 18.2 Å². The lowest BCUT2D eigenvalue weighted by Crippen LogP contribution is -2.38. The molecule has 8 nitrogen and oxygen atoms in total. The molecule has 11 heteroatoms. The molecule has 1 aliphatic heterocycles. The van der Waals surface area contributed by atoms with Gasteiger partial charge in [0, 0.05) is 24.6 Å². The van der Waals surface area contributed by atoms with Crippen molar-refractivity contribution in [3.8, 4) is 5.75 Å².